The van der Waals surface area contributed by atoms with Gasteiger partial charge in [-0.3, -0.25) is 0 Å². The molecule has 0 aliphatic rings. The highest BCUT2D eigenvalue weighted by Crippen LogP contribution is 2.26. The fourth-order valence-electron chi connectivity index (χ4n) is 2.12. The molecule has 1 N–H and O–H groups in total. The van der Waals surface area contributed by atoms with Crippen molar-refractivity contribution in [2.24, 2.45) is 0 Å². The molecule has 4 heteroatoms. The molecule has 1 heterocycles. The Morgan fingerprint density at radius 3 is 2.60 bits per heavy atom. The van der Waals surface area contributed by atoms with Crippen LogP contribution in [0.5, 0.6) is 0 Å². The summed E-state index contributed by atoms with van der Waals surface area (Å²) in [5, 5.41) is 4.39. The van der Waals surface area contributed by atoms with Crippen LogP contribution in [0.1, 0.15) is 11.1 Å². The lowest BCUT2D eigenvalue weighted by molar-refractivity contribution is 1.21. The van der Waals surface area contributed by atoms with Gasteiger partial charge in [-0.1, -0.05) is 22.0 Å². The number of benzene rings is 2. The van der Waals surface area contributed by atoms with E-state index in [2.05, 4.69) is 57.2 Å². The Bertz CT molecular complexity index is 784. The van der Waals surface area contributed by atoms with E-state index in [1.807, 2.05) is 24.3 Å². The first-order chi connectivity index (χ1) is 9.63. The summed E-state index contributed by atoms with van der Waals surface area (Å²) in [7, 11) is 0. The monoisotopic (exact) mass is 327 g/mol. The second-order valence-electron chi connectivity index (χ2n) is 4.81. The van der Waals surface area contributed by atoms with Crippen molar-refractivity contribution in [1.82, 2.24) is 9.97 Å². The van der Waals surface area contributed by atoms with Gasteiger partial charge in [0.2, 0.25) is 0 Å². The zero-order valence-electron chi connectivity index (χ0n) is 11.3. The molecule has 0 spiro atoms. The van der Waals surface area contributed by atoms with Crippen molar-refractivity contribution in [3.8, 4) is 0 Å². The molecule has 3 rings (SSSR count). The molecule has 0 atom stereocenters. The van der Waals surface area contributed by atoms with Gasteiger partial charge in [0, 0.05) is 15.5 Å². The Hall–Kier alpha value is -1.94. The minimum absolute atomic E-state index is 0.830. The third kappa shape index (κ3) is 2.51. The number of fused-ring (bicyclic) bond motifs is 1. The summed E-state index contributed by atoms with van der Waals surface area (Å²) >= 11 is 3.47. The second kappa shape index (κ2) is 5.21. The van der Waals surface area contributed by atoms with E-state index in [9.17, 15) is 0 Å². The zero-order chi connectivity index (χ0) is 14.1. The summed E-state index contributed by atoms with van der Waals surface area (Å²) in [4.78, 5) is 8.71. The molecule has 20 heavy (non-hydrogen) atoms. The normalized spacial score (nSPS) is 10.8. The van der Waals surface area contributed by atoms with Crippen LogP contribution in [0, 0.1) is 13.8 Å². The molecule has 0 aliphatic carbocycles. The third-order valence-corrected chi connectivity index (χ3v) is 3.83. The molecule has 0 saturated heterocycles. The number of hydrogen-bond donors (Lipinski definition) is 1. The van der Waals surface area contributed by atoms with Gasteiger partial charge in [0.05, 0.1) is 5.52 Å². The first kappa shape index (κ1) is 13.1. The van der Waals surface area contributed by atoms with E-state index >= 15 is 0 Å². The number of aryl methyl sites for hydroxylation is 2. The summed E-state index contributed by atoms with van der Waals surface area (Å²) in [6.07, 6.45) is 1.59. The van der Waals surface area contributed by atoms with Gasteiger partial charge in [0.1, 0.15) is 12.1 Å². The van der Waals surface area contributed by atoms with Crippen LogP contribution in [-0.4, -0.2) is 9.97 Å². The molecule has 0 bridgehead atoms. The van der Waals surface area contributed by atoms with Gasteiger partial charge in [-0.2, -0.15) is 0 Å². The van der Waals surface area contributed by atoms with Crippen LogP contribution in [0.2, 0.25) is 0 Å². The van der Waals surface area contributed by atoms with E-state index < -0.39 is 0 Å². The van der Waals surface area contributed by atoms with E-state index in [1.54, 1.807) is 6.33 Å². The van der Waals surface area contributed by atoms with Gasteiger partial charge in [0.15, 0.2) is 0 Å². The van der Waals surface area contributed by atoms with Crippen LogP contribution < -0.4 is 5.32 Å². The minimum atomic E-state index is 0.830. The minimum Gasteiger partial charge on any atom is -0.340 e. The predicted octanol–water partition coefficient (Wildman–Crippen LogP) is 4.75. The number of hydrogen-bond acceptors (Lipinski definition) is 3. The fourth-order valence-corrected chi connectivity index (χ4v) is 2.52. The smallest absolute Gasteiger partial charge is 0.141 e. The topological polar surface area (TPSA) is 37.8 Å². The van der Waals surface area contributed by atoms with Gasteiger partial charge in [-0.25, -0.2) is 9.97 Å². The summed E-state index contributed by atoms with van der Waals surface area (Å²) < 4.78 is 1.04. The number of nitrogens with zero attached hydrogens (tertiary/aromatic N) is 2. The Morgan fingerprint density at radius 1 is 1.00 bits per heavy atom. The molecule has 0 fully saturated rings. The molecule has 100 valence electrons. The highest BCUT2D eigenvalue weighted by Gasteiger charge is 2.06. The van der Waals surface area contributed by atoms with Crippen molar-refractivity contribution in [3.05, 3.63) is 58.3 Å². The van der Waals surface area contributed by atoms with Crippen LogP contribution in [0.4, 0.5) is 11.5 Å². The van der Waals surface area contributed by atoms with Crippen LogP contribution in [0.15, 0.2) is 47.2 Å². The highest BCUT2D eigenvalue weighted by atomic mass is 79.9. The molecular formula is C16H14BrN3. The molecule has 2 aromatic carbocycles. The molecule has 3 nitrogen and oxygen atoms in total. The predicted molar refractivity (Wildman–Crippen MR) is 86.4 cm³/mol. The highest BCUT2D eigenvalue weighted by molar-refractivity contribution is 9.10. The van der Waals surface area contributed by atoms with Crippen molar-refractivity contribution in [3.63, 3.8) is 0 Å². The van der Waals surface area contributed by atoms with Crippen molar-refractivity contribution < 1.29 is 0 Å². The molecule has 3 aromatic rings. The largest absolute Gasteiger partial charge is 0.340 e. The molecule has 0 aliphatic heterocycles. The number of nitrogens with one attached hydrogen (secondary N) is 1. The Morgan fingerprint density at radius 2 is 1.80 bits per heavy atom. The summed E-state index contributed by atoms with van der Waals surface area (Å²) in [5.74, 6) is 0.830. The van der Waals surface area contributed by atoms with Crippen molar-refractivity contribution >= 4 is 38.3 Å². The van der Waals surface area contributed by atoms with Crippen molar-refractivity contribution in [2.45, 2.75) is 13.8 Å². The van der Waals surface area contributed by atoms with Gasteiger partial charge in [0.25, 0.3) is 0 Å². The summed E-state index contributed by atoms with van der Waals surface area (Å²) in [6, 6.07) is 12.3. The average molecular weight is 328 g/mol. The Balaban J connectivity index is 2.09. The van der Waals surface area contributed by atoms with E-state index in [1.165, 1.54) is 11.1 Å². The molecule has 0 amide bonds. The van der Waals surface area contributed by atoms with E-state index in [-0.39, 0.29) is 0 Å². The molecular weight excluding hydrogens is 314 g/mol. The van der Waals surface area contributed by atoms with Crippen molar-refractivity contribution in [2.75, 3.05) is 5.32 Å². The third-order valence-electron chi connectivity index (χ3n) is 3.34. The standard InChI is InChI=1S/C16H14BrN3/c1-10-6-14-15(7-11(10)2)18-9-19-16(14)20-13-5-3-4-12(17)8-13/h3-9H,1-2H3,(H,18,19,20). The first-order valence-electron chi connectivity index (χ1n) is 6.38. The maximum absolute atomic E-state index is 4.37. The molecule has 0 radical (unpaired) electrons. The van der Waals surface area contributed by atoms with E-state index in [0.29, 0.717) is 0 Å². The number of anilines is 2. The van der Waals surface area contributed by atoms with Crippen LogP contribution in [-0.2, 0) is 0 Å². The van der Waals surface area contributed by atoms with Crippen LogP contribution >= 0.6 is 15.9 Å². The van der Waals surface area contributed by atoms with Gasteiger partial charge in [-0.05, 0) is 55.3 Å². The fraction of sp³-hybridized carbons (Fsp3) is 0.125. The quantitative estimate of drug-likeness (QED) is 0.737. The lowest BCUT2D eigenvalue weighted by Crippen LogP contribution is -1.97. The average Bonchev–Trinajstić information content (AvgIpc) is 2.41. The lowest BCUT2D eigenvalue weighted by atomic mass is 10.1. The van der Waals surface area contributed by atoms with Gasteiger partial charge < -0.3 is 5.32 Å². The Kier molecular flexibility index (Phi) is 3.40. The van der Waals surface area contributed by atoms with Gasteiger partial charge in [-0.15, -0.1) is 0 Å². The SMILES string of the molecule is Cc1cc2ncnc(Nc3cccc(Br)c3)c2cc1C. The summed E-state index contributed by atoms with van der Waals surface area (Å²) in [5.41, 5.74) is 4.44. The number of rotatable bonds is 2. The summed E-state index contributed by atoms with van der Waals surface area (Å²) in [6.45, 7) is 4.20. The molecule has 0 saturated carbocycles. The molecule has 0 unspecified atom stereocenters. The maximum atomic E-state index is 4.37. The van der Waals surface area contributed by atoms with E-state index in [4.69, 9.17) is 0 Å². The second-order valence-corrected chi connectivity index (χ2v) is 5.73. The van der Waals surface area contributed by atoms with Crippen LogP contribution in [0.25, 0.3) is 10.9 Å². The number of halogens is 1. The zero-order valence-corrected chi connectivity index (χ0v) is 12.9. The Labute approximate surface area is 126 Å². The maximum Gasteiger partial charge on any atom is 0.141 e. The van der Waals surface area contributed by atoms with E-state index in [0.717, 1.165) is 26.9 Å². The number of aromatic nitrogens is 2. The van der Waals surface area contributed by atoms with Crippen molar-refractivity contribution in [1.29, 1.82) is 0 Å². The molecule has 1 aromatic heterocycles. The lowest BCUT2D eigenvalue weighted by Gasteiger charge is -2.10. The van der Waals surface area contributed by atoms with Gasteiger partial charge >= 0.3 is 0 Å². The van der Waals surface area contributed by atoms with Crippen LogP contribution in [0.3, 0.4) is 0 Å². The first-order valence-corrected chi connectivity index (χ1v) is 7.17.